The number of rotatable bonds is 6. The molecule has 0 spiro atoms. The van der Waals surface area contributed by atoms with E-state index in [1.54, 1.807) is 0 Å². The number of anilines is 3. The van der Waals surface area contributed by atoms with Crippen molar-refractivity contribution < 1.29 is 18.3 Å². The van der Waals surface area contributed by atoms with Crippen molar-refractivity contribution in [3.63, 3.8) is 0 Å². The molecule has 1 saturated carbocycles. The smallest absolute Gasteiger partial charge is 0.300 e. The molecule has 11 nitrogen and oxygen atoms in total. The summed E-state index contributed by atoms with van der Waals surface area (Å²) in [6, 6.07) is 11.4. The number of morpholine rings is 1. The number of halogens is 1. The standard InChI is InChI=1S/C29H31FN8O3/c1-39-23-15-18(30)14-22-26(23)41-29(35-22)34-19-4-2-17(3-5-19)25-24-27(31)32-16-33-28(24)38(36-25)21-8-6-20(7-9-21)37-10-12-40-13-11-37/h2-5,14-16,20-21H,6-13H2,1H3,(H,34,35)(H2,31,32,33)/t20-,21-. The van der Waals surface area contributed by atoms with Gasteiger partial charge in [0.1, 0.15) is 29.2 Å². The quantitative estimate of drug-likeness (QED) is 0.296. The van der Waals surface area contributed by atoms with E-state index in [9.17, 15) is 4.39 Å². The predicted octanol–water partition coefficient (Wildman–Crippen LogP) is 4.92. The largest absolute Gasteiger partial charge is 0.493 e. The van der Waals surface area contributed by atoms with Crippen molar-refractivity contribution in [1.82, 2.24) is 29.6 Å². The summed E-state index contributed by atoms with van der Waals surface area (Å²) in [6.45, 7) is 3.66. The maximum Gasteiger partial charge on any atom is 0.300 e. The van der Waals surface area contributed by atoms with Gasteiger partial charge in [0.25, 0.3) is 6.01 Å². The Bertz CT molecular complexity index is 1690. The Balaban J connectivity index is 1.13. The molecule has 0 unspecified atom stereocenters. The van der Waals surface area contributed by atoms with Gasteiger partial charge < -0.3 is 24.9 Å². The number of aromatic nitrogens is 5. The first-order valence-corrected chi connectivity index (χ1v) is 13.9. The van der Waals surface area contributed by atoms with E-state index in [0.717, 1.165) is 80.0 Å². The van der Waals surface area contributed by atoms with Gasteiger partial charge in [-0.3, -0.25) is 4.90 Å². The molecule has 2 fully saturated rings. The molecule has 1 aliphatic heterocycles. The maximum absolute atomic E-state index is 13.9. The minimum absolute atomic E-state index is 0.233. The number of nitrogens with zero attached hydrogens (tertiary/aromatic N) is 6. The highest BCUT2D eigenvalue weighted by Crippen LogP contribution is 2.37. The van der Waals surface area contributed by atoms with Crippen molar-refractivity contribution in [2.45, 2.75) is 37.8 Å². The summed E-state index contributed by atoms with van der Waals surface area (Å²) in [6.07, 6.45) is 5.81. The third-order valence-corrected chi connectivity index (χ3v) is 8.14. The lowest BCUT2D eigenvalue weighted by Crippen LogP contribution is -2.45. The Hall–Kier alpha value is -4.29. The molecule has 41 heavy (non-hydrogen) atoms. The first-order chi connectivity index (χ1) is 20.1. The number of fused-ring (bicyclic) bond motifs is 2. The van der Waals surface area contributed by atoms with E-state index >= 15 is 0 Å². The zero-order chi connectivity index (χ0) is 27.9. The van der Waals surface area contributed by atoms with Gasteiger partial charge in [-0.1, -0.05) is 12.1 Å². The minimum Gasteiger partial charge on any atom is -0.493 e. The van der Waals surface area contributed by atoms with Gasteiger partial charge in [-0.15, -0.1) is 0 Å². The van der Waals surface area contributed by atoms with Crippen LogP contribution in [0.4, 0.5) is 21.9 Å². The van der Waals surface area contributed by atoms with Crippen molar-refractivity contribution in [1.29, 1.82) is 0 Å². The summed E-state index contributed by atoms with van der Waals surface area (Å²) >= 11 is 0. The van der Waals surface area contributed by atoms with Crippen LogP contribution in [0.1, 0.15) is 31.7 Å². The number of hydrogen-bond donors (Lipinski definition) is 2. The summed E-state index contributed by atoms with van der Waals surface area (Å²) in [4.78, 5) is 15.8. The predicted molar refractivity (Wildman–Crippen MR) is 153 cm³/mol. The van der Waals surface area contributed by atoms with E-state index in [1.807, 2.05) is 24.3 Å². The molecule has 0 bridgehead atoms. The molecule has 5 aromatic rings. The second kappa shape index (κ2) is 10.6. The van der Waals surface area contributed by atoms with Crippen molar-refractivity contribution in [2.24, 2.45) is 0 Å². The molecule has 7 rings (SSSR count). The van der Waals surface area contributed by atoms with Crippen molar-refractivity contribution in [3.8, 4) is 17.0 Å². The maximum atomic E-state index is 13.9. The van der Waals surface area contributed by atoms with E-state index < -0.39 is 5.82 Å². The van der Waals surface area contributed by atoms with Gasteiger partial charge in [0, 0.05) is 42.5 Å². The topological polar surface area (TPSA) is 129 Å². The summed E-state index contributed by atoms with van der Waals surface area (Å²) in [5.74, 6) is 0.250. The summed E-state index contributed by atoms with van der Waals surface area (Å²) < 4.78 is 32.5. The van der Waals surface area contributed by atoms with Crippen LogP contribution in [0.5, 0.6) is 5.75 Å². The van der Waals surface area contributed by atoms with Crippen molar-refractivity contribution >= 4 is 39.7 Å². The Labute approximate surface area is 235 Å². The molecule has 0 amide bonds. The van der Waals surface area contributed by atoms with Gasteiger partial charge in [-0.25, -0.2) is 19.0 Å². The monoisotopic (exact) mass is 558 g/mol. The minimum atomic E-state index is -0.446. The number of nitrogen functional groups attached to an aromatic ring is 1. The molecule has 0 atom stereocenters. The van der Waals surface area contributed by atoms with Crippen molar-refractivity contribution in [3.05, 3.63) is 48.5 Å². The molecule has 3 N–H and O–H groups in total. The van der Waals surface area contributed by atoms with Gasteiger partial charge in [0.2, 0.25) is 0 Å². The van der Waals surface area contributed by atoms with Crippen molar-refractivity contribution in [2.75, 3.05) is 44.5 Å². The number of ether oxygens (including phenoxy) is 2. The van der Waals surface area contributed by atoms with E-state index in [1.165, 1.54) is 25.6 Å². The van der Waals surface area contributed by atoms with Crippen LogP contribution in [0, 0.1) is 5.82 Å². The van der Waals surface area contributed by atoms with Crippen LogP contribution in [0.2, 0.25) is 0 Å². The lowest BCUT2D eigenvalue weighted by Gasteiger charge is -2.38. The number of oxazole rings is 1. The number of hydrogen-bond acceptors (Lipinski definition) is 10. The third kappa shape index (κ3) is 4.82. The van der Waals surface area contributed by atoms with Gasteiger partial charge in [0.15, 0.2) is 17.0 Å². The molecular formula is C29H31FN8O3. The van der Waals surface area contributed by atoms with E-state index in [4.69, 9.17) is 24.7 Å². The molecule has 212 valence electrons. The summed E-state index contributed by atoms with van der Waals surface area (Å²) in [7, 11) is 1.46. The van der Waals surface area contributed by atoms with Crippen LogP contribution in [-0.2, 0) is 4.74 Å². The molecule has 1 aliphatic carbocycles. The fraction of sp³-hybridized carbons (Fsp3) is 0.379. The third-order valence-electron chi connectivity index (χ3n) is 8.14. The second-order valence-corrected chi connectivity index (χ2v) is 10.5. The SMILES string of the molecule is COc1cc(F)cc2nc(Nc3ccc(-c4nn([C@H]5CC[C@H](N6CCOCC6)CC5)c5ncnc(N)c45)cc3)oc12. The first-order valence-electron chi connectivity index (χ1n) is 13.9. The van der Waals surface area contributed by atoms with Crippen LogP contribution in [0.25, 0.3) is 33.4 Å². The van der Waals surface area contributed by atoms with Crippen LogP contribution >= 0.6 is 0 Å². The number of methoxy groups -OCH3 is 1. The van der Waals surface area contributed by atoms with Gasteiger partial charge in [-0.2, -0.15) is 10.1 Å². The molecule has 3 aromatic heterocycles. The number of nitrogens with two attached hydrogens (primary N) is 1. The van der Waals surface area contributed by atoms with E-state index in [2.05, 4.69) is 29.9 Å². The zero-order valence-electron chi connectivity index (χ0n) is 22.7. The Morgan fingerprint density at radius 1 is 1.02 bits per heavy atom. The molecule has 0 radical (unpaired) electrons. The summed E-state index contributed by atoms with van der Waals surface area (Å²) in [5, 5.41) is 8.95. The zero-order valence-corrected chi connectivity index (χ0v) is 22.7. The molecular weight excluding hydrogens is 527 g/mol. The molecule has 4 heterocycles. The normalized spacial score (nSPS) is 20.0. The Kier molecular flexibility index (Phi) is 6.63. The lowest BCUT2D eigenvalue weighted by molar-refractivity contribution is 0.00520. The Morgan fingerprint density at radius 3 is 2.54 bits per heavy atom. The van der Waals surface area contributed by atoms with Gasteiger partial charge in [-0.05, 0) is 37.8 Å². The lowest BCUT2D eigenvalue weighted by atomic mass is 9.90. The highest BCUT2D eigenvalue weighted by atomic mass is 19.1. The summed E-state index contributed by atoms with van der Waals surface area (Å²) in [5.41, 5.74) is 10.3. The fourth-order valence-corrected chi connectivity index (χ4v) is 6.07. The van der Waals surface area contributed by atoms with Gasteiger partial charge >= 0.3 is 0 Å². The highest BCUT2D eigenvalue weighted by Gasteiger charge is 2.30. The highest BCUT2D eigenvalue weighted by molar-refractivity contribution is 5.98. The van der Waals surface area contributed by atoms with E-state index in [0.29, 0.717) is 23.0 Å². The molecule has 2 aliphatic rings. The van der Waals surface area contributed by atoms with Crippen LogP contribution in [-0.4, -0.2) is 69.1 Å². The number of benzene rings is 2. The Morgan fingerprint density at radius 2 is 1.78 bits per heavy atom. The van der Waals surface area contributed by atoms with Crippen LogP contribution in [0.3, 0.4) is 0 Å². The van der Waals surface area contributed by atoms with Crippen LogP contribution < -0.4 is 15.8 Å². The molecule has 2 aromatic carbocycles. The van der Waals surface area contributed by atoms with Gasteiger partial charge in [0.05, 0.1) is 31.8 Å². The van der Waals surface area contributed by atoms with Crippen LogP contribution in [0.15, 0.2) is 47.1 Å². The first kappa shape index (κ1) is 25.7. The van der Waals surface area contributed by atoms with E-state index in [-0.39, 0.29) is 17.8 Å². The average molecular weight is 559 g/mol. The second-order valence-electron chi connectivity index (χ2n) is 10.5. The average Bonchev–Trinajstić information content (AvgIpc) is 3.60. The fourth-order valence-electron chi connectivity index (χ4n) is 6.07. The molecule has 12 heteroatoms. The molecule has 1 saturated heterocycles. The number of nitrogens with one attached hydrogen (secondary N) is 1.